The summed E-state index contributed by atoms with van der Waals surface area (Å²) in [5, 5.41) is 14.6. The summed E-state index contributed by atoms with van der Waals surface area (Å²) in [5.74, 6) is 0.0233. The van der Waals surface area contributed by atoms with E-state index in [2.05, 4.69) is 22.2 Å². The fraction of sp³-hybridized carbons (Fsp3) is 0.280. The van der Waals surface area contributed by atoms with E-state index in [9.17, 15) is 4.79 Å². The van der Waals surface area contributed by atoms with Crippen LogP contribution in [-0.2, 0) is 0 Å². The van der Waals surface area contributed by atoms with Gasteiger partial charge in [0.15, 0.2) is 5.65 Å². The lowest BCUT2D eigenvalue weighted by Crippen LogP contribution is -2.26. The van der Waals surface area contributed by atoms with Gasteiger partial charge in [0.25, 0.3) is 5.56 Å². The quantitative estimate of drug-likeness (QED) is 0.280. The van der Waals surface area contributed by atoms with Gasteiger partial charge < -0.3 is 0 Å². The van der Waals surface area contributed by atoms with Crippen molar-refractivity contribution >= 4 is 28.8 Å². The third kappa shape index (κ3) is 4.54. The van der Waals surface area contributed by atoms with Crippen LogP contribution in [0.5, 0.6) is 0 Å². The van der Waals surface area contributed by atoms with Gasteiger partial charge in [0, 0.05) is 27.1 Å². The highest BCUT2D eigenvalue weighted by Crippen LogP contribution is 2.35. The van der Waals surface area contributed by atoms with Gasteiger partial charge in [0.05, 0.1) is 6.20 Å². The van der Waals surface area contributed by atoms with E-state index in [4.69, 9.17) is 23.2 Å². The Kier molecular flexibility index (Phi) is 6.87. The molecule has 0 amide bonds. The van der Waals surface area contributed by atoms with E-state index in [0.717, 1.165) is 47.9 Å². The number of aromatic nitrogens is 4. The van der Waals surface area contributed by atoms with Crippen LogP contribution in [0, 0.1) is 0 Å². The molecule has 0 aliphatic rings. The molecule has 1 atom stereocenters. The molecule has 7 heteroatoms. The number of hydrogen-bond donors (Lipinski definition) is 0. The van der Waals surface area contributed by atoms with E-state index in [-0.39, 0.29) is 11.5 Å². The molecule has 0 bridgehead atoms. The highest BCUT2D eigenvalue weighted by atomic mass is 35.5. The van der Waals surface area contributed by atoms with Crippen molar-refractivity contribution in [2.75, 3.05) is 0 Å². The van der Waals surface area contributed by atoms with Gasteiger partial charge in [0.1, 0.15) is 5.69 Å². The fourth-order valence-corrected chi connectivity index (χ4v) is 4.10. The SMILES string of the molecule is CCCCCC(C)c1nnc2c(-c3ccc(Cl)cc3)c(-c3ccc(Cl)cc3)cnn2c1=O. The predicted octanol–water partition coefficient (Wildman–Crippen LogP) is 6.81. The van der Waals surface area contributed by atoms with Gasteiger partial charge >= 0.3 is 0 Å². The monoisotopic (exact) mass is 466 g/mol. The second kappa shape index (κ2) is 9.80. The van der Waals surface area contributed by atoms with Gasteiger partial charge in [-0.1, -0.05) is 80.6 Å². The maximum atomic E-state index is 13.3. The summed E-state index contributed by atoms with van der Waals surface area (Å²) in [6, 6.07) is 14.9. The molecule has 0 aliphatic heterocycles. The van der Waals surface area contributed by atoms with Gasteiger partial charge in [0.2, 0.25) is 0 Å². The van der Waals surface area contributed by atoms with Crippen molar-refractivity contribution in [1.29, 1.82) is 0 Å². The number of halogens is 2. The Bertz CT molecular complexity index is 1280. The maximum Gasteiger partial charge on any atom is 0.296 e. The second-order valence-corrected chi connectivity index (χ2v) is 8.84. The summed E-state index contributed by atoms with van der Waals surface area (Å²) in [7, 11) is 0. The van der Waals surface area contributed by atoms with E-state index >= 15 is 0 Å². The number of benzene rings is 2. The Morgan fingerprint density at radius 3 is 2.16 bits per heavy atom. The Morgan fingerprint density at radius 2 is 1.53 bits per heavy atom. The lowest BCUT2D eigenvalue weighted by Gasteiger charge is -2.15. The Balaban J connectivity index is 1.91. The van der Waals surface area contributed by atoms with Crippen molar-refractivity contribution in [1.82, 2.24) is 19.8 Å². The average Bonchev–Trinajstić information content (AvgIpc) is 2.80. The minimum absolute atomic E-state index is 0.0233. The van der Waals surface area contributed by atoms with Crippen molar-refractivity contribution < 1.29 is 0 Å². The zero-order valence-electron chi connectivity index (χ0n) is 18.1. The molecule has 0 saturated heterocycles. The minimum atomic E-state index is -0.225. The zero-order valence-corrected chi connectivity index (χ0v) is 19.6. The van der Waals surface area contributed by atoms with Crippen molar-refractivity contribution in [2.24, 2.45) is 0 Å². The zero-order chi connectivity index (χ0) is 22.7. The van der Waals surface area contributed by atoms with E-state index in [0.29, 0.717) is 21.4 Å². The molecule has 4 rings (SSSR count). The van der Waals surface area contributed by atoms with Crippen LogP contribution in [0.3, 0.4) is 0 Å². The van der Waals surface area contributed by atoms with Gasteiger partial charge in [-0.25, -0.2) is 0 Å². The molecule has 1 unspecified atom stereocenters. The normalized spacial score (nSPS) is 12.2. The highest BCUT2D eigenvalue weighted by Gasteiger charge is 2.20. The largest absolute Gasteiger partial charge is 0.296 e. The van der Waals surface area contributed by atoms with Crippen LogP contribution in [0.4, 0.5) is 0 Å². The molecule has 2 heterocycles. The van der Waals surface area contributed by atoms with E-state index in [1.165, 1.54) is 4.52 Å². The molecule has 4 aromatic rings. The van der Waals surface area contributed by atoms with Crippen molar-refractivity contribution in [3.8, 4) is 22.3 Å². The molecule has 2 aromatic carbocycles. The van der Waals surface area contributed by atoms with E-state index < -0.39 is 0 Å². The summed E-state index contributed by atoms with van der Waals surface area (Å²) < 4.78 is 1.36. The molecule has 0 fully saturated rings. The molecule has 164 valence electrons. The molecule has 0 aliphatic carbocycles. The summed E-state index contributed by atoms with van der Waals surface area (Å²) in [6.07, 6.45) is 5.93. The van der Waals surface area contributed by atoms with Gasteiger partial charge in [-0.05, 0) is 41.8 Å². The average molecular weight is 467 g/mol. The van der Waals surface area contributed by atoms with Crippen LogP contribution in [-0.4, -0.2) is 19.8 Å². The second-order valence-electron chi connectivity index (χ2n) is 7.97. The lowest BCUT2D eigenvalue weighted by atomic mass is 9.97. The van der Waals surface area contributed by atoms with Crippen molar-refractivity contribution in [2.45, 2.75) is 45.4 Å². The smallest absolute Gasteiger partial charge is 0.265 e. The number of nitrogens with zero attached hydrogens (tertiary/aromatic N) is 4. The van der Waals surface area contributed by atoms with Crippen LogP contribution in [0.25, 0.3) is 27.9 Å². The van der Waals surface area contributed by atoms with Crippen molar-refractivity contribution in [3.63, 3.8) is 0 Å². The number of hydrogen-bond acceptors (Lipinski definition) is 4. The molecule has 0 N–H and O–H groups in total. The fourth-order valence-electron chi connectivity index (χ4n) is 3.85. The predicted molar refractivity (Wildman–Crippen MR) is 131 cm³/mol. The van der Waals surface area contributed by atoms with E-state index in [1.54, 1.807) is 6.20 Å². The number of unbranched alkanes of at least 4 members (excludes halogenated alkanes) is 2. The Morgan fingerprint density at radius 1 is 0.906 bits per heavy atom. The molecule has 5 nitrogen and oxygen atoms in total. The number of rotatable bonds is 7. The molecule has 0 saturated carbocycles. The van der Waals surface area contributed by atoms with Crippen LogP contribution in [0.15, 0.2) is 59.5 Å². The molecule has 0 spiro atoms. The van der Waals surface area contributed by atoms with Crippen LogP contribution < -0.4 is 5.56 Å². The van der Waals surface area contributed by atoms with Crippen LogP contribution >= 0.6 is 23.2 Å². The van der Waals surface area contributed by atoms with Crippen molar-refractivity contribution in [3.05, 3.63) is 80.8 Å². The first kappa shape index (κ1) is 22.4. The Labute approximate surface area is 197 Å². The molecular weight excluding hydrogens is 443 g/mol. The summed E-state index contributed by atoms with van der Waals surface area (Å²) >= 11 is 12.2. The van der Waals surface area contributed by atoms with Gasteiger partial charge in [-0.3, -0.25) is 4.79 Å². The maximum absolute atomic E-state index is 13.3. The molecule has 2 aromatic heterocycles. The van der Waals surface area contributed by atoms with Gasteiger partial charge in [-0.15, -0.1) is 10.2 Å². The molecule has 0 radical (unpaired) electrons. The highest BCUT2D eigenvalue weighted by molar-refractivity contribution is 6.31. The molecule has 32 heavy (non-hydrogen) atoms. The molecular formula is C25H24Cl2N4O. The van der Waals surface area contributed by atoms with Crippen LogP contribution in [0.1, 0.15) is 51.1 Å². The van der Waals surface area contributed by atoms with E-state index in [1.807, 2.05) is 55.5 Å². The topological polar surface area (TPSA) is 60.1 Å². The summed E-state index contributed by atoms with van der Waals surface area (Å²) in [6.45, 7) is 4.19. The first-order valence-electron chi connectivity index (χ1n) is 10.8. The summed E-state index contributed by atoms with van der Waals surface area (Å²) in [5.41, 5.74) is 4.03. The standard InChI is InChI=1S/C25H24Cl2N4O/c1-3-4-5-6-16(2)23-25(32)31-24(30-29-23)22(18-9-13-20(27)14-10-18)21(15-28-31)17-7-11-19(26)12-8-17/h7-16H,3-6H2,1-2H3. The van der Waals surface area contributed by atoms with Crippen LogP contribution in [0.2, 0.25) is 10.0 Å². The first-order valence-corrected chi connectivity index (χ1v) is 11.6. The summed E-state index contributed by atoms with van der Waals surface area (Å²) in [4.78, 5) is 13.3. The first-order chi connectivity index (χ1) is 15.5. The third-order valence-electron chi connectivity index (χ3n) is 5.66. The lowest BCUT2D eigenvalue weighted by molar-refractivity contribution is 0.571. The number of fused-ring (bicyclic) bond motifs is 1. The third-order valence-corrected chi connectivity index (χ3v) is 6.16. The Hall–Kier alpha value is -2.76. The van der Waals surface area contributed by atoms with Gasteiger partial charge in [-0.2, -0.15) is 9.61 Å². The minimum Gasteiger partial charge on any atom is -0.265 e.